The average molecular weight is 388 g/mol. The number of carbonyl (C=O) groups is 1. The standard InChI is InChI=1S/C20H21N3O3S.2H2/c1-15(2)14-19(21)23-27(25,26)18-11-9-17(10-12-18)22-20(24)13-8-16-6-4-3-5-7-16;;/h3-14H,1-2H3,(H2,21,23)(H,22,24);2*1H/b13-8+;;. The number of rotatable bonds is 6. The Morgan fingerprint density at radius 3 is 2.30 bits per heavy atom. The second-order valence-corrected chi connectivity index (χ2v) is 7.57. The normalized spacial score (nSPS) is 12.0. The summed E-state index contributed by atoms with van der Waals surface area (Å²) < 4.78 is 28.0. The first-order valence-corrected chi connectivity index (χ1v) is 9.60. The fourth-order valence-electron chi connectivity index (χ4n) is 2.14. The summed E-state index contributed by atoms with van der Waals surface area (Å²) in [5, 5.41) is 2.67. The number of sulfonamides is 1. The molecule has 7 heteroatoms. The highest BCUT2D eigenvalue weighted by Gasteiger charge is 2.13. The Bertz CT molecular complexity index is 997. The van der Waals surface area contributed by atoms with E-state index in [1.807, 2.05) is 30.3 Å². The first kappa shape index (κ1) is 20.1. The molecule has 6 nitrogen and oxygen atoms in total. The highest BCUT2D eigenvalue weighted by atomic mass is 32.2. The van der Waals surface area contributed by atoms with Crippen LogP contribution >= 0.6 is 0 Å². The van der Waals surface area contributed by atoms with Crippen LogP contribution in [0.5, 0.6) is 0 Å². The molecule has 144 valence electrons. The van der Waals surface area contributed by atoms with Gasteiger partial charge in [-0.15, -0.1) is 4.40 Å². The predicted molar refractivity (Wildman–Crippen MR) is 113 cm³/mol. The fraction of sp³-hybridized carbons (Fsp3) is 0.100. The first-order chi connectivity index (χ1) is 12.8. The zero-order valence-corrected chi connectivity index (χ0v) is 15.9. The third-order valence-corrected chi connectivity index (χ3v) is 4.63. The molecular formula is C20H25N3O3S. The Hall–Kier alpha value is -3.19. The molecule has 2 aromatic rings. The molecule has 0 atom stereocenters. The van der Waals surface area contributed by atoms with Crippen molar-refractivity contribution in [2.75, 3.05) is 5.32 Å². The Morgan fingerprint density at radius 1 is 1.07 bits per heavy atom. The van der Waals surface area contributed by atoms with Crippen molar-refractivity contribution in [1.82, 2.24) is 0 Å². The highest BCUT2D eigenvalue weighted by Crippen LogP contribution is 2.16. The second kappa shape index (κ2) is 8.95. The number of amides is 1. The van der Waals surface area contributed by atoms with E-state index in [1.165, 1.54) is 36.4 Å². The van der Waals surface area contributed by atoms with E-state index in [2.05, 4.69) is 9.71 Å². The van der Waals surface area contributed by atoms with E-state index in [-0.39, 0.29) is 19.5 Å². The van der Waals surface area contributed by atoms with E-state index in [1.54, 1.807) is 19.9 Å². The van der Waals surface area contributed by atoms with Crippen LogP contribution in [0.25, 0.3) is 6.08 Å². The zero-order valence-electron chi connectivity index (χ0n) is 15.1. The molecule has 3 N–H and O–H groups in total. The summed E-state index contributed by atoms with van der Waals surface area (Å²) in [6, 6.07) is 15.1. The lowest BCUT2D eigenvalue weighted by Gasteiger charge is -2.04. The van der Waals surface area contributed by atoms with Gasteiger partial charge in [-0.25, -0.2) is 0 Å². The van der Waals surface area contributed by atoms with E-state index in [9.17, 15) is 13.2 Å². The molecule has 2 rings (SSSR count). The average Bonchev–Trinajstić information content (AvgIpc) is 2.60. The minimum Gasteiger partial charge on any atom is -0.383 e. The summed E-state index contributed by atoms with van der Waals surface area (Å²) in [7, 11) is -3.90. The minimum atomic E-state index is -3.90. The fourth-order valence-corrected chi connectivity index (χ4v) is 3.06. The summed E-state index contributed by atoms with van der Waals surface area (Å²) in [6.07, 6.45) is 4.57. The number of nitrogens with one attached hydrogen (secondary N) is 1. The van der Waals surface area contributed by atoms with E-state index in [0.29, 0.717) is 5.69 Å². The number of hydrogen-bond donors (Lipinski definition) is 2. The van der Waals surface area contributed by atoms with Gasteiger partial charge in [0.25, 0.3) is 10.0 Å². The second-order valence-electron chi connectivity index (χ2n) is 5.97. The van der Waals surface area contributed by atoms with Crippen molar-refractivity contribution in [2.24, 2.45) is 10.1 Å². The van der Waals surface area contributed by atoms with Gasteiger partial charge in [0.1, 0.15) is 5.84 Å². The molecule has 0 aromatic heterocycles. The van der Waals surface area contributed by atoms with Crippen molar-refractivity contribution < 1.29 is 16.1 Å². The Balaban J connectivity index is 0.00000392. The van der Waals surface area contributed by atoms with Gasteiger partial charge in [0.15, 0.2) is 0 Å². The van der Waals surface area contributed by atoms with Crippen LogP contribution in [0.2, 0.25) is 0 Å². The SMILES string of the molecule is CC(C)=CC(N)=NS(=O)(=O)c1ccc(NC(=O)/C=C/c2ccccc2)cc1.[HH].[HH]. The quantitative estimate of drug-likeness (QED) is 0.446. The summed E-state index contributed by atoms with van der Waals surface area (Å²) >= 11 is 0. The van der Waals surface area contributed by atoms with Gasteiger partial charge in [0, 0.05) is 14.6 Å². The number of anilines is 1. The smallest absolute Gasteiger partial charge is 0.284 e. The Morgan fingerprint density at radius 2 is 1.70 bits per heavy atom. The molecule has 0 radical (unpaired) electrons. The van der Waals surface area contributed by atoms with Crippen LogP contribution < -0.4 is 11.1 Å². The number of carbonyl (C=O) groups excluding carboxylic acids is 1. The van der Waals surface area contributed by atoms with Gasteiger partial charge in [-0.05, 0) is 55.8 Å². The van der Waals surface area contributed by atoms with E-state index in [4.69, 9.17) is 5.73 Å². The summed E-state index contributed by atoms with van der Waals surface area (Å²) in [5.41, 5.74) is 7.82. The van der Waals surface area contributed by atoms with Crippen molar-refractivity contribution in [3.63, 3.8) is 0 Å². The van der Waals surface area contributed by atoms with Crippen molar-refractivity contribution in [1.29, 1.82) is 0 Å². The first-order valence-electron chi connectivity index (χ1n) is 8.16. The lowest BCUT2D eigenvalue weighted by molar-refractivity contribution is -0.111. The van der Waals surface area contributed by atoms with Gasteiger partial charge >= 0.3 is 0 Å². The largest absolute Gasteiger partial charge is 0.383 e. The number of amidine groups is 1. The van der Waals surface area contributed by atoms with Crippen LogP contribution in [0.3, 0.4) is 0 Å². The molecule has 0 fully saturated rings. The van der Waals surface area contributed by atoms with Gasteiger partial charge in [-0.3, -0.25) is 4.79 Å². The van der Waals surface area contributed by atoms with Crippen LogP contribution in [0, 0.1) is 0 Å². The Labute approximate surface area is 162 Å². The summed E-state index contributed by atoms with van der Waals surface area (Å²) in [4.78, 5) is 11.9. The molecular weight excluding hydrogens is 362 g/mol. The number of benzene rings is 2. The van der Waals surface area contributed by atoms with Crippen LogP contribution in [0.4, 0.5) is 5.69 Å². The maximum atomic E-state index is 12.2. The molecule has 27 heavy (non-hydrogen) atoms. The number of allylic oxidation sites excluding steroid dienone is 1. The predicted octanol–water partition coefficient (Wildman–Crippen LogP) is 3.84. The van der Waals surface area contributed by atoms with Gasteiger partial charge in [0.05, 0.1) is 4.90 Å². The number of hydrogen-bond acceptors (Lipinski definition) is 3. The minimum absolute atomic E-state index is 0. The van der Waals surface area contributed by atoms with E-state index >= 15 is 0 Å². The molecule has 2 aromatic carbocycles. The maximum Gasteiger partial charge on any atom is 0.284 e. The van der Waals surface area contributed by atoms with Crippen LogP contribution in [-0.4, -0.2) is 20.2 Å². The van der Waals surface area contributed by atoms with Crippen LogP contribution in [-0.2, 0) is 14.8 Å². The molecule has 0 aliphatic rings. The third-order valence-electron chi connectivity index (χ3n) is 3.31. The summed E-state index contributed by atoms with van der Waals surface area (Å²) in [5.74, 6) is -0.404. The van der Waals surface area contributed by atoms with Crippen LogP contribution in [0.1, 0.15) is 22.3 Å². The van der Waals surface area contributed by atoms with Crippen LogP contribution in [0.15, 0.2) is 81.6 Å². The molecule has 0 saturated heterocycles. The van der Waals surface area contributed by atoms with Gasteiger partial charge < -0.3 is 11.1 Å². The zero-order chi connectivity index (χ0) is 19.9. The number of nitrogens with zero attached hydrogens (tertiary/aromatic N) is 1. The van der Waals surface area contributed by atoms with Crippen molar-refractivity contribution in [3.05, 3.63) is 77.9 Å². The molecule has 0 saturated carbocycles. The van der Waals surface area contributed by atoms with Crippen molar-refractivity contribution >= 4 is 33.5 Å². The van der Waals surface area contributed by atoms with E-state index < -0.39 is 10.0 Å². The summed E-state index contributed by atoms with van der Waals surface area (Å²) in [6.45, 7) is 3.58. The van der Waals surface area contributed by atoms with Crippen molar-refractivity contribution in [3.8, 4) is 0 Å². The molecule has 1 amide bonds. The monoisotopic (exact) mass is 387 g/mol. The lowest BCUT2D eigenvalue weighted by Crippen LogP contribution is -2.12. The van der Waals surface area contributed by atoms with Gasteiger partial charge in [-0.1, -0.05) is 35.9 Å². The Kier molecular flexibility index (Phi) is 6.67. The lowest BCUT2D eigenvalue weighted by atomic mass is 10.2. The van der Waals surface area contributed by atoms with Crippen molar-refractivity contribution in [2.45, 2.75) is 18.7 Å². The van der Waals surface area contributed by atoms with Gasteiger partial charge in [0.2, 0.25) is 5.91 Å². The number of nitrogens with two attached hydrogens (primary N) is 1. The topological polar surface area (TPSA) is 102 Å². The highest BCUT2D eigenvalue weighted by molar-refractivity contribution is 7.90. The third kappa shape index (κ3) is 6.56. The molecule has 0 aliphatic heterocycles. The molecule has 0 aliphatic carbocycles. The molecule has 0 unspecified atom stereocenters. The molecule has 0 spiro atoms. The van der Waals surface area contributed by atoms with Gasteiger partial charge in [-0.2, -0.15) is 8.42 Å². The van der Waals surface area contributed by atoms with E-state index in [0.717, 1.165) is 11.1 Å². The molecule has 0 heterocycles. The maximum absolute atomic E-state index is 12.2. The molecule has 0 bridgehead atoms.